The lowest BCUT2D eigenvalue weighted by molar-refractivity contribution is -0.138. The van der Waals surface area contributed by atoms with Crippen LogP contribution in [-0.2, 0) is 6.18 Å². The zero-order valence-electron chi connectivity index (χ0n) is 9.87. The third-order valence-corrected chi connectivity index (χ3v) is 3.13. The molecule has 2 rings (SSSR count). The summed E-state index contributed by atoms with van der Waals surface area (Å²) in [7, 11) is 0. The third-order valence-electron chi connectivity index (χ3n) is 2.43. The number of rotatable bonds is 2. The maximum Gasteiger partial charge on any atom is 0.417 e. The Morgan fingerprint density at radius 3 is 2.50 bits per heavy atom. The summed E-state index contributed by atoms with van der Waals surface area (Å²) in [6.07, 6.45) is -3.03. The molecule has 0 saturated heterocycles. The van der Waals surface area contributed by atoms with E-state index in [1.165, 1.54) is 24.4 Å². The van der Waals surface area contributed by atoms with Crippen molar-refractivity contribution in [2.24, 2.45) is 0 Å². The molecule has 0 amide bonds. The predicted molar refractivity (Wildman–Crippen MR) is 71.4 cm³/mol. The third kappa shape index (κ3) is 3.27. The number of aromatic nitrogens is 1. The minimum atomic E-state index is -4.44. The van der Waals surface area contributed by atoms with Gasteiger partial charge in [0.1, 0.15) is 11.8 Å². The van der Waals surface area contributed by atoms with Gasteiger partial charge in [-0.2, -0.15) is 18.4 Å². The molecule has 1 aromatic heterocycles. The minimum Gasteiger partial charge on any atom is -0.355 e. The van der Waals surface area contributed by atoms with Crippen LogP contribution in [0.1, 0.15) is 11.3 Å². The van der Waals surface area contributed by atoms with Crippen molar-refractivity contribution in [2.45, 2.75) is 6.18 Å². The Morgan fingerprint density at radius 1 is 1.15 bits per heavy atom. The molecule has 0 fully saturated rings. The molecule has 0 aliphatic rings. The van der Waals surface area contributed by atoms with E-state index in [2.05, 4.69) is 26.2 Å². The van der Waals surface area contributed by atoms with Gasteiger partial charge in [-0.1, -0.05) is 15.9 Å². The Hall–Kier alpha value is -2.07. The molecule has 0 bridgehead atoms. The molecule has 0 saturated carbocycles. The maximum atomic E-state index is 12.8. The van der Waals surface area contributed by atoms with E-state index >= 15 is 0 Å². The van der Waals surface area contributed by atoms with Crippen LogP contribution >= 0.6 is 15.9 Å². The Kier molecular flexibility index (Phi) is 3.95. The van der Waals surface area contributed by atoms with Crippen LogP contribution in [0.4, 0.5) is 24.5 Å². The molecular formula is C13H7BrF3N3. The highest BCUT2D eigenvalue weighted by Crippen LogP contribution is 2.36. The van der Waals surface area contributed by atoms with Gasteiger partial charge < -0.3 is 5.32 Å². The zero-order valence-corrected chi connectivity index (χ0v) is 11.5. The van der Waals surface area contributed by atoms with Gasteiger partial charge in [0.2, 0.25) is 0 Å². The summed E-state index contributed by atoms with van der Waals surface area (Å²) in [6, 6.07) is 8.70. The standard InChI is InChI=1S/C13H7BrF3N3/c14-12-2-1-8(6-11(12)13(15,16)17)20-9-3-4-19-10(5-9)7-18/h1-6H,(H,19,20). The number of halogens is 4. The van der Waals surface area contributed by atoms with Gasteiger partial charge in [0.15, 0.2) is 0 Å². The van der Waals surface area contributed by atoms with Gasteiger partial charge in [0, 0.05) is 22.0 Å². The van der Waals surface area contributed by atoms with Gasteiger partial charge in [-0.3, -0.25) is 0 Å². The lowest BCUT2D eigenvalue weighted by Gasteiger charge is -2.12. The number of alkyl halides is 3. The first-order valence-corrected chi connectivity index (χ1v) is 6.19. The van der Waals surface area contributed by atoms with Crippen molar-refractivity contribution in [3.05, 3.63) is 52.3 Å². The highest BCUT2D eigenvalue weighted by molar-refractivity contribution is 9.10. The first-order valence-electron chi connectivity index (χ1n) is 5.40. The summed E-state index contributed by atoms with van der Waals surface area (Å²) in [6.45, 7) is 0. The fourth-order valence-electron chi connectivity index (χ4n) is 1.56. The summed E-state index contributed by atoms with van der Waals surface area (Å²) in [4.78, 5) is 3.78. The molecule has 0 radical (unpaired) electrons. The van der Waals surface area contributed by atoms with Crippen molar-refractivity contribution < 1.29 is 13.2 Å². The van der Waals surface area contributed by atoms with Crippen molar-refractivity contribution in [3.63, 3.8) is 0 Å². The normalized spacial score (nSPS) is 10.9. The van der Waals surface area contributed by atoms with Crippen LogP contribution in [0.3, 0.4) is 0 Å². The molecule has 20 heavy (non-hydrogen) atoms. The Bertz CT molecular complexity index is 677. The van der Waals surface area contributed by atoms with E-state index in [0.717, 1.165) is 6.07 Å². The summed E-state index contributed by atoms with van der Waals surface area (Å²) < 4.78 is 38.3. The monoisotopic (exact) mass is 341 g/mol. The van der Waals surface area contributed by atoms with Crippen LogP contribution in [0.15, 0.2) is 41.0 Å². The van der Waals surface area contributed by atoms with Gasteiger partial charge >= 0.3 is 6.18 Å². The molecule has 1 heterocycles. The molecule has 0 spiro atoms. The molecular weight excluding hydrogens is 335 g/mol. The second kappa shape index (κ2) is 5.51. The maximum absolute atomic E-state index is 12.8. The average Bonchev–Trinajstić information content (AvgIpc) is 2.40. The lowest BCUT2D eigenvalue weighted by atomic mass is 10.2. The highest BCUT2D eigenvalue weighted by atomic mass is 79.9. The van der Waals surface area contributed by atoms with Gasteiger partial charge in [-0.15, -0.1) is 0 Å². The van der Waals surface area contributed by atoms with Gasteiger partial charge in [0.25, 0.3) is 0 Å². The van der Waals surface area contributed by atoms with Gasteiger partial charge in [0.05, 0.1) is 5.56 Å². The van der Waals surface area contributed by atoms with E-state index in [4.69, 9.17) is 5.26 Å². The van der Waals surface area contributed by atoms with Crippen LogP contribution < -0.4 is 5.32 Å². The summed E-state index contributed by atoms with van der Waals surface area (Å²) >= 11 is 2.87. The quantitative estimate of drug-likeness (QED) is 0.876. The van der Waals surface area contributed by atoms with E-state index in [-0.39, 0.29) is 15.9 Å². The molecule has 1 N–H and O–H groups in total. The topological polar surface area (TPSA) is 48.7 Å². The Balaban J connectivity index is 2.33. The fourth-order valence-corrected chi connectivity index (χ4v) is 2.03. The van der Waals surface area contributed by atoms with Gasteiger partial charge in [-0.25, -0.2) is 4.98 Å². The SMILES string of the molecule is N#Cc1cc(Nc2ccc(Br)c(C(F)(F)F)c2)ccn1. The number of nitriles is 1. The van der Waals surface area contributed by atoms with Gasteiger partial charge in [-0.05, 0) is 30.3 Å². The van der Waals surface area contributed by atoms with Crippen molar-refractivity contribution in [1.82, 2.24) is 4.98 Å². The number of pyridine rings is 1. The first-order chi connectivity index (χ1) is 9.40. The molecule has 1 aromatic carbocycles. The number of nitrogens with zero attached hydrogens (tertiary/aromatic N) is 2. The van der Waals surface area contributed by atoms with Crippen molar-refractivity contribution in [1.29, 1.82) is 5.26 Å². The van der Waals surface area contributed by atoms with Crippen LogP contribution in [0.2, 0.25) is 0 Å². The van der Waals surface area contributed by atoms with Crippen LogP contribution in [0, 0.1) is 11.3 Å². The molecule has 0 aliphatic carbocycles. The van der Waals surface area contributed by atoms with Crippen molar-refractivity contribution in [2.75, 3.05) is 5.32 Å². The summed E-state index contributed by atoms with van der Waals surface area (Å²) in [5.41, 5.74) is 0.183. The minimum absolute atomic E-state index is 0.0250. The number of nitrogens with one attached hydrogen (secondary N) is 1. The molecule has 2 aromatic rings. The van der Waals surface area contributed by atoms with E-state index in [9.17, 15) is 13.2 Å². The lowest BCUT2D eigenvalue weighted by Crippen LogP contribution is -2.06. The van der Waals surface area contributed by atoms with Crippen LogP contribution in [0.5, 0.6) is 0 Å². The highest BCUT2D eigenvalue weighted by Gasteiger charge is 2.33. The molecule has 3 nitrogen and oxygen atoms in total. The summed E-state index contributed by atoms with van der Waals surface area (Å²) in [5, 5.41) is 11.5. The molecule has 0 aliphatic heterocycles. The van der Waals surface area contributed by atoms with E-state index in [0.29, 0.717) is 5.69 Å². The number of benzene rings is 1. The van der Waals surface area contributed by atoms with E-state index in [1.54, 1.807) is 6.07 Å². The molecule has 7 heteroatoms. The molecule has 0 atom stereocenters. The van der Waals surface area contributed by atoms with E-state index < -0.39 is 11.7 Å². The average molecular weight is 342 g/mol. The predicted octanol–water partition coefficient (Wildman–Crippen LogP) is 4.48. The smallest absolute Gasteiger partial charge is 0.355 e. The Labute approximate surface area is 121 Å². The van der Waals surface area contributed by atoms with E-state index in [1.807, 2.05) is 6.07 Å². The second-order valence-electron chi connectivity index (χ2n) is 3.86. The summed E-state index contributed by atoms with van der Waals surface area (Å²) in [5.74, 6) is 0. The fraction of sp³-hybridized carbons (Fsp3) is 0.0769. The van der Waals surface area contributed by atoms with Crippen molar-refractivity contribution in [3.8, 4) is 6.07 Å². The first kappa shape index (κ1) is 14.3. The number of anilines is 2. The Morgan fingerprint density at radius 2 is 1.85 bits per heavy atom. The number of hydrogen-bond acceptors (Lipinski definition) is 3. The largest absolute Gasteiger partial charge is 0.417 e. The zero-order chi connectivity index (χ0) is 14.8. The second-order valence-corrected chi connectivity index (χ2v) is 4.71. The van der Waals surface area contributed by atoms with Crippen LogP contribution in [0.25, 0.3) is 0 Å². The number of hydrogen-bond donors (Lipinski definition) is 1. The molecule has 0 unspecified atom stereocenters. The molecule has 102 valence electrons. The van der Waals surface area contributed by atoms with Crippen LogP contribution in [-0.4, -0.2) is 4.98 Å². The van der Waals surface area contributed by atoms with Crippen molar-refractivity contribution >= 4 is 27.3 Å².